The summed E-state index contributed by atoms with van der Waals surface area (Å²) in [5.74, 6) is 0.0659. The smallest absolute Gasteiger partial charge is 0.273 e. The summed E-state index contributed by atoms with van der Waals surface area (Å²) >= 11 is 0. The van der Waals surface area contributed by atoms with E-state index in [-0.39, 0.29) is 41.7 Å². The predicted molar refractivity (Wildman–Crippen MR) is 175 cm³/mol. The SMILES string of the molecule is [C-]#[N+]c1ccnc(CN(C)C(=O)c2ccc(-c3cccc(Nc4cc(NC(=O)C5CC5)nnc4C(=O)NC)c3OC)c(C3CC3)n2)c1. The van der Waals surface area contributed by atoms with Crippen LogP contribution < -0.4 is 20.7 Å². The van der Waals surface area contributed by atoms with E-state index in [0.717, 1.165) is 42.5 Å². The zero-order valence-electron chi connectivity index (χ0n) is 26.2. The average molecular weight is 632 g/mol. The molecule has 2 aliphatic rings. The van der Waals surface area contributed by atoms with Gasteiger partial charge in [0.2, 0.25) is 5.91 Å². The lowest BCUT2D eigenvalue weighted by atomic mass is 9.98. The fourth-order valence-corrected chi connectivity index (χ4v) is 5.24. The van der Waals surface area contributed by atoms with Gasteiger partial charge in [-0.2, -0.15) is 0 Å². The fourth-order valence-electron chi connectivity index (χ4n) is 5.24. The quantitative estimate of drug-likeness (QED) is 0.192. The molecule has 3 heterocycles. The minimum absolute atomic E-state index is 0.0283. The summed E-state index contributed by atoms with van der Waals surface area (Å²) in [6.45, 7) is 7.48. The number of benzene rings is 1. The molecule has 3 aromatic heterocycles. The lowest BCUT2D eigenvalue weighted by Crippen LogP contribution is -2.27. The third kappa shape index (κ3) is 6.86. The van der Waals surface area contributed by atoms with Gasteiger partial charge in [0.05, 0.1) is 37.3 Å². The Morgan fingerprint density at radius 2 is 1.83 bits per heavy atom. The first kappa shape index (κ1) is 31.1. The zero-order valence-corrected chi connectivity index (χ0v) is 26.2. The molecule has 2 fully saturated rings. The summed E-state index contributed by atoms with van der Waals surface area (Å²) in [6.07, 6.45) is 5.14. The number of methoxy groups -OCH3 is 1. The molecule has 0 aliphatic heterocycles. The van der Waals surface area contributed by atoms with E-state index in [1.54, 1.807) is 44.6 Å². The number of ether oxygens (including phenoxy) is 1. The molecule has 2 aliphatic carbocycles. The van der Waals surface area contributed by atoms with Crippen LogP contribution in [0.3, 0.4) is 0 Å². The van der Waals surface area contributed by atoms with Gasteiger partial charge >= 0.3 is 0 Å². The molecule has 3 amide bonds. The van der Waals surface area contributed by atoms with Gasteiger partial charge in [0.1, 0.15) is 11.4 Å². The van der Waals surface area contributed by atoms with Gasteiger partial charge in [0.15, 0.2) is 17.2 Å². The summed E-state index contributed by atoms with van der Waals surface area (Å²) in [5.41, 5.74) is 4.71. The van der Waals surface area contributed by atoms with E-state index in [1.807, 2.05) is 24.3 Å². The first-order valence-electron chi connectivity index (χ1n) is 15.2. The van der Waals surface area contributed by atoms with Crippen molar-refractivity contribution in [2.75, 3.05) is 31.8 Å². The third-order valence-electron chi connectivity index (χ3n) is 8.00. The van der Waals surface area contributed by atoms with Crippen LogP contribution >= 0.6 is 0 Å². The monoisotopic (exact) mass is 631 g/mol. The van der Waals surface area contributed by atoms with Crippen molar-refractivity contribution in [1.82, 2.24) is 30.4 Å². The zero-order chi connectivity index (χ0) is 33.1. The second-order valence-corrected chi connectivity index (χ2v) is 11.5. The molecule has 13 heteroatoms. The molecule has 13 nitrogen and oxygen atoms in total. The first-order valence-corrected chi connectivity index (χ1v) is 15.2. The Kier molecular flexibility index (Phi) is 8.75. The summed E-state index contributed by atoms with van der Waals surface area (Å²) < 4.78 is 5.92. The molecule has 238 valence electrons. The van der Waals surface area contributed by atoms with Crippen LogP contribution in [0.5, 0.6) is 5.75 Å². The number of aromatic nitrogens is 4. The summed E-state index contributed by atoms with van der Waals surface area (Å²) in [6, 6.07) is 14.0. The van der Waals surface area contributed by atoms with Crippen molar-refractivity contribution in [2.45, 2.75) is 38.1 Å². The van der Waals surface area contributed by atoms with Crippen LogP contribution in [-0.2, 0) is 11.3 Å². The molecule has 0 unspecified atom stereocenters. The molecule has 1 aromatic carbocycles. The predicted octanol–water partition coefficient (Wildman–Crippen LogP) is 5.09. The van der Waals surface area contributed by atoms with Gasteiger partial charge in [-0.05, 0) is 49.9 Å². The van der Waals surface area contributed by atoms with Gasteiger partial charge in [-0.3, -0.25) is 19.4 Å². The van der Waals surface area contributed by atoms with E-state index in [2.05, 4.69) is 36.0 Å². The number of anilines is 3. The van der Waals surface area contributed by atoms with Gasteiger partial charge in [0, 0.05) is 55.0 Å². The highest BCUT2D eigenvalue weighted by Crippen LogP contribution is 2.47. The first-order chi connectivity index (χ1) is 22.8. The van der Waals surface area contributed by atoms with Crippen LogP contribution in [0, 0.1) is 12.5 Å². The number of amides is 3. The van der Waals surface area contributed by atoms with Crippen molar-refractivity contribution in [1.29, 1.82) is 0 Å². The molecular formula is C34H33N9O4. The van der Waals surface area contributed by atoms with E-state index < -0.39 is 5.91 Å². The molecule has 0 bridgehead atoms. The van der Waals surface area contributed by atoms with E-state index in [9.17, 15) is 14.4 Å². The summed E-state index contributed by atoms with van der Waals surface area (Å²) in [5, 5.41) is 16.8. The van der Waals surface area contributed by atoms with Gasteiger partial charge in [-0.25, -0.2) is 9.83 Å². The second kappa shape index (κ2) is 13.2. The van der Waals surface area contributed by atoms with Crippen LogP contribution in [0.1, 0.15) is 64.0 Å². The Hall–Kier alpha value is -5.90. The van der Waals surface area contributed by atoms with Crippen molar-refractivity contribution in [3.8, 4) is 16.9 Å². The van der Waals surface area contributed by atoms with Crippen molar-refractivity contribution in [3.63, 3.8) is 0 Å². The maximum absolute atomic E-state index is 13.4. The number of rotatable bonds is 11. The Bertz CT molecular complexity index is 1910. The van der Waals surface area contributed by atoms with E-state index in [1.165, 1.54) is 11.9 Å². The van der Waals surface area contributed by atoms with Crippen molar-refractivity contribution in [3.05, 3.63) is 88.9 Å². The highest BCUT2D eigenvalue weighted by molar-refractivity contribution is 6.00. The fraction of sp³-hybridized carbons (Fsp3) is 0.294. The number of carbonyl (C=O) groups is 3. The number of hydrogen-bond donors (Lipinski definition) is 3. The molecular weight excluding hydrogens is 598 g/mol. The second-order valence-electron chi connectivity index (χ2n) is 11.5. The standard InChI is InChI=1S/C34H33N9O4/c1-35-21-14-15-37-22(16-21)18-43(3)34(46)26-13-12-23(29(39-26)19-8-9-19)24-6-5-7-25(31(24)47-4)38-27-17-28(40-32(44)20-10-11-20)41-42-30(27)33(45)36-2/h5-7,12-17,19-20H,8-11,18H2,2-4H3,(H,36,45)(H2,38,40,41,44). The van der Waals surface area contributed by atoms with Crippen molar-refractivity contribution < 1.29 is 19.1 Å². The van der Waals surface area contributed by atoms with Gasteiger partial charge in [-0.15, -0.1) is 10.2 Å². The minimum Gasteiger partial charge on any atom is -0.494 e. The highest BCUT2D eigenvalue weighted by Gasteiger charge is 2.32. The molecule has 6 rings (SSSR count). The average Bonchev–Trinajstić information content (AvgIpc) is 4.01. The van der Waals surface area contributed by atoms with Gasteiger partial charge < -0.3 is 25.6 Å². The normalized spacial score (nSPS) is 13.7. The van der Waals surface area contributed by atoms with E-state index >= 15 is 0 Å². The molecule has 47 heavy (non-hydrogen) atoms. The Balaban J connectivity index is 1.31. The van der Waals surface area contributed by atoms with Crippen molar-refractivity contribution in [2.24, 2.45) is 5.92 Å². The molecule has 3 N–H and O–H groups in total. The summed E-state index contributed by atoms with van der Waals surface area (Å²) in [7, 11) is 4.74. The lowest BCUT2D eigenvalue weighted by molar-refractivity contribution is -0.117. The maximum Gasteiger partial charge on any atom is 0.273 e. The number of pyridine rings is 2. The van der Waals surface area contributed by atoms with E-state index in [4.69, 9.17) is 16.3 Å². The van der Waals surface area contributed by atoms with E-state index in [0.29, 0.717) is 34.2 Å². The molecule has 0 atom stereocenters. The number of para-hydroxylation sites is 1. The number of carbonyl (C=O) groups excluding carboxylic acids is 3. The minimum atomic E-state index is -0.449. The largest absolute Gasteiger partial charge is 0.494 e. The van der Waals surface area contributed by atoms with Crippen LogP contribution in [0.4, 0.5) is 22.9 Å². The topological polar surface area (TPSA) is 156 Å². The molecule has 2 saturated carbocycles. The number of hydrogen-bond acceptors (Lipinski definition) is 9. The summed E-state index contributed by atoms with van der Waals surface area (Å²) in [4.78, 5) is 52.6. The number of nitrogens with one attached hydrogen (secondary N) is 3. The van der Waals surface area contributed by atoms with Gasteiger partial charge in [0.25, 0.3) is 11.8 Å². The highest BCUT2D eigenvalue weighted by atomic mass is 16.5. The van der Waals surface area contributed by atoms with Crippen LogP contribution in [0.25, 0.3) is 16.0 Å². The molecule has 0 saturated heterocycles. The maximum atomic E-state index is 13.4. The van der Waals surface area contributed by atoms with Crippen LogP contribution in [0.2, 0.25) is 0 Å². The molecule has 4 aromatic rings. The number of nitrogens with zero attached hydrogens (tertiary/aromatic N) is 6. The lowest BCUT2D eigenvalue weighted by Gasteiger charge is -2.20. The van der Waals surface area contributed by atoms with Gasteiger partial charge in [-0.1, -0.05) is 18.2 Å². The van der Waals surface area contributed by atoms with Crippen LogP contribution in [-0.4, -0.2) is 64.0 Å². The Morgan fingerprint density at radius 1 is 1.02 bits per heavy atom. The van der Waals surface area contributed by atoms with Crippen molar-refractivity contribution >= 4 is 40.6 Å². The Labute approximate surface area is 271 Å². The molecule has 0 spiro atoms. The Morgan fingerprint density at radius 3 is 2.53 bits per heavy atom. The third-order valence-corrected chi connectivity index (χ3v) is 8.00. The molecule has 0 radical (unpaired) electrons. The van der Waals surface area contributed by atoms with Crippen LogP contribution in [0.15, 0.2) is 54.7 Å².